The van der Waals surface area contributed by atoms with Crippen LogP contribution in [0.15, 0.2) is 18.2 Å². The van der Waals surface area contributed by atoms with Crippen LogP contribution in [0.1, 0.15) is 19.8 Å². The molecule has 0 radical (unpaired) electrons. The van der Waals surface area contributed by atoms with E-state index in [0.29, 0.717) is 11.5 Å². The van der Waals surface area contributed by atoms with Gasteiger partial charge in [0, 0.05) is 17.2 Å². The Morgan fingerprint density at radius 2 is 1.94 bits per heavy atom. The van der Waals surface area contributed by atoms with E-state index in [1.807, 2.05) is 6.92 Å². The number of hydrogen-bond donors (Lipinski definition) is 3. The van der Waals surface area contributed by atoms with Crippen LogP contribution in [0.25, 0.3) is 0 Å². The standard InChI is InChI=1S/C13H17F2N3/c1-13(4-6-17-7-5-13)12(16)18-9-2-3-10(14)11(15)8-9/h2-3,8,17H,4-7H2,1H3,(H2,16,18). The Morgan fingerprint density at radius 3 is 2.56 bits per heavy atom. The molecule has 0 unspecified atom stereocenters. The van der Waals surface area contributed by atoms with E-state index < -0.39 is 11.6 Å². The maximum absolute atomic E-state index is 13.1. The first-order chi connectivity index (χ1) is 8.51. The van der Waals surface area contributed by atoms with E-state index in [9.17, 15) is 8.78 Å². The van der Waals surface area contributed by atoms with Gasteiger partial charge in [0.15, 0.2) is 11.6 Å². The van der Waals surface area contributed by atoms with Crippen molar-refractivity contribution in [1.29, 1.82) is 5.41 Å². The van der Waals surface area contributed by atoms with Gasteiger partial charge in [0.05, 0.1) is 0 Å². The molecule has 2 rings (SSSR count). The second-order valence-corrected chi connectivity index (χ2v) is 4.94. The van der Waals surface area contributed by atoms with Crippen LogP contribution in [0.4, 0.5) is 14.5 Å². The number of rotatable bonds is 2. The predicted octanol–water partition coefficient (Wildman–Crippen LogP) is 2.74. The number of halogens is 2. The minimum Gasteiger partial charge on any atom is -0.344 e. The van der Waals surface area contributed by atoms with Crippen molar-refractivity contribution in [2.75, 3.05) is 18.4 Å². The highest BCUT2D eigenvalue weighted by Crippen LogP contribution is 2.29. The van der Waals surface area contributed by atoms with Crippen molar-refractivity contribution in [3.8, 4) is 0 Å². The minimum atomic E-state index is -0.900. The van der Waals surface area contributed by atoms with Gasteiger partial charge >= 0.3 is 0 Å². The molecule has 0 aromatic heterocycles. The lowest BCUT2D eigenvalue weighted by Gasteiger charge is -2.34. The van der Waals surface area contributed by atoms with Gasteiger partial charge in [-0.25, -0.2) is 8.78 Å². The van der Waals surface area contributed by atoms with Crippen LogP contribution < -0.4 is 10.6 Å². The smallest absolute Gasteiger partial charge is 0.160 e. The predicted molar refractivity (Wildman–Crippen MR) is 67.9 cm³/mol. The van der Waals surface area contributed by atoms with E-state index in [-0.39, 0.29) is 5.41 Å². The quantitative estimate of drug-likeness (QED) is 0.560. The summed E-state index contributed by atoms with van der Waals surface area (Å²) in [5.74, 6) is -1.42. The van der Waals surface area contributed by atoms with Gasteiger partial charge < -0.3 is 10.6 Å². The molecule has 1 fully saturated rings. The Balaban J connectivity index is 2.08. The van der Waals surface area contributed by atoms with Crippen LogP contribution in [0.5, 0.6) is 0 Å². The van der Waals surface area contributed by atoms with Crippen LogP contribution in [-0.2, 0) is 0 Å². The Kier molecular flexibility index (Phi) is 3.61. The van der Waals surface area contributed by atoms with E-state index in [1.165, 1.54) is 6.07 Å². The summed E-state index contributed by atoms with van der Waals surface area (Å²) in [6, 6.07) is 3.58. The van der Waals surface area contributed by atoms with Crippen molar-refractivity contribution >= 4 is 11.5 Å². The number of piperidine rings is 1. The fourth-order valence-electron chi connectivity index (χ4n) is 2.10. The van der Waals surface area contributed by atoms with Crippen molar-refractivity contribution in [3.05, 3.63) is 29.8 Å². The van der Waals surface area contributed by atoms with E-state index in [0.717, 1.165) is 38.1 Å². The van der Waals surface area contributed by atoms with Gasteiger partial charge in [-0.1, -0.05) is 6.92 Å². The summed E-state index contributed by atoms with van der Waals surface area (Å²) < 4.78 is 25.9. The average Bonchev–Trinajstić information content (AvgIpc) is 2.35. The first-order valence-electron chi connectivity index (χ1n) is 6.03. The summed E-state index contributed by atoms with van der Waals surface area (Å²) >= 11 is 0. The highest BCUT2D eigenvalue weighted by Gasteiger charge is 2.31. The van der Waals surface area contributed by atoms with Crippen molar-refractivity contribution in [2.45, 2.75) is 19.8 Å². The van der Waals surface area contributed by atoms with Crippen LogP contribution >= 0.6 is 0 Å². The van der Waals surface area contributed by atoms with Gasteiger partial charge in [-0.2, -0.15) is 0 Å². The molecule has 1 saturated heterocycles. The van der Waals surface area contributed by atoms with Gasteiger partial charge in [-0.15, -0.1) is 0 Å². The maximum atomic E-state index is 13.1. The van der Waals surface area contributed by atoms with Gasteiger partial charge in [-0.05, 0) is 38.1 Å². The first-order valence-corrected chi connectivity index (χ1v) is 6.03. The third-order valence-electron chi connectivity index (χ3n) is 3.50. The van der Waals surface area contributed by atoms with Gasteiger partial charge in [0.25, 0.3) is 0 Å². The Bertz CT molecular complexity index is 454. The average molecular weight is 253 g/mol. The molecule has 1 aliphatic rings. The summed E-state index contributed by atoms with van der Waals surface area (Å²) in [5.41, 5.74) is 0.189. The van der Waals surface area contributed by atoms with Crippen LogP contribution in [0, 0.1) is 22.5 Å². The number of hydrogen-bond acceptors (Lipinski definition) is 2. The van der Waals surface area contributed by atoms with Crippen LogP contribution in [-0.4, -0.2) is 18.9 Å². The molecule has 0 spiro atoms. The third-order valence-corrected chi connectivity index (χ3v) is 3.50. The molecule has 1 aromatic rings. The molecular formula is C13H17F2N3. The van der Waals surface area contributed by atoms with Crippen LogP contribution in [0.2, 0.25) is 0 Å². The van der Waals surface area contributed by atoms with Crippen molar-refractivity contribution in [3.63, 3.8) is 0 Å². The molecule has 0 saturated carbocycles. The molecule has 18 heavy (non-hydrogen) atoms. The van der Waals surface area contributed by atoms with Gasteiger partial charge in [0.2, 0.25) is 0 Å². The second-order valence-electron chi connectivity index (χ2n) is 4.94. The maximum Gasteiger partial charge on any atom is 0.160 e. The molecule has 0 amide bonds. The Labute approximate surface area is 105 Å². The fraction of sp³-hybridized carbons (Fsp3) is 0.462. The molecular weight excluding hydrogens is 236 g/mol. The molecule has 1 aliphatic heterocycles. The van der Waals surface area contributed by atoms with Crippen molar-refractivity contribution < 1.29 is 8.78 Å². The van der Waals surface area contributed by atoms with E-state index >= 15 is 0 Å². The Hall–Kier alpha value is -1.49. The highest BCUT2D eigenvalue weighted by molar-refractivity contribution is 5.97. The SMILES string of the molecule is CC1(C(=N)Nc2ccc(F)c(F)c2)CCNCC1. The molecule has 98 valence electrons. The summed E-state index contributed by atoms with van der Waals surface area (Å²) in [7, 11) is 0. The topological polar surface area (TPSA) is 47.9 Å². The van der Waals surface area contributed by atoms with E-state index in [2.05, 4.69) is 10.6 Å². The van der Waals surface area contributed by atoms with Gasteiger partial charge in [-0.3, -0.25) is 5.41 Å². The highest BCUT2D eigenvalue weighted by atomic mass is 19.2. The third kappa shape index (κ3) is 2.67. The zero-order chi connectivity index (χ0) is 13.2. The molecule has 0 atom stereocenters. The lowest BCUT2D eigenvalue weighted by molar-refractivity contribution is 0.326. The molecule has 3 nitrogen and oxygen atoms in total. The first kappa shape index (κ1) is 13.0. The number of anilines is 1. The lowest BCUT2D eigenvalue weighted by atomic mass is 9.79. The van der Waals surface area contributed by atoms with Crippen molar-refractivity contribution in [1.82, 2.24) is 5.32 Å². The van der Waals surface area contributed by atoms with E-state index in [4.69, 9.17) is 5.41 Å². The molecule has 0 aliphatic carbocycles. The normalized spacial score (nSPS) is 18.4. The monoisotopic (exact) mass is 253 g/mol. The summed E-state index contributed by atoms with van der Waals surface area (Å²) in [6.07, 6.45) is 1.73. The van der Waals surface area contributed by atoms with Gasteiger partial charge in [0.1, 0.15) is 5.84 Å². The Morgan fingerprint density at radius 1 is 1.28 bits per heavy atom. The molecule has 1 heterocycles. The number of benzene rings is 1. The zero-order valence-electron chi connectivity index (χ0n) is 10.3. The number of amidine groups is 1. The lowest BCUT2D eigenvalue weighted by Crippen LogP contribution is -2.42. The molecule has 0 bridgehead atoms. The zero-order valence-corrected chi connectivity index (χ0v) is 10.3. The molecule has 5 heteroatoms. The summed E-state index contributed by atoms with van der Waals surface area (Å²) in [4.78, 5) is 0. The van der Waals surface area contributed by atoms with Crippen molar-refractivity contribution in [2.24, 2.45) is 5.41 Å². The largest absolute Gasteiger partial charge is 0.344 e. The molecule has 3 N–H and O–H groups in total. The summed E-state index contributed by atoms with van der Waals surface area (Å²) in [6.45, 7) is 3.76. The second kappa shape index (κ2) is 5.02. The van der Waals surface area contributed by atoms with Crippen LogP contribution in [0.3, 0.4) is 0 Å². The number of nitrogens with one attached hydrogen (secondary N) is 3. The minimum absolute atomic E-state index is 0.226. The fourth-order valence-corrected chi connectivity index (χ4v) is 2.10. The summed E-state index contributed by atoms with van der Waals surface area (Å²) in [5, 5.41) is 14.2. The molecule has 1 aromatic carbocycles. The van der Waals surface area contributed by atoms with E-state index in [1.54, 1.807) is 0 Å².